The summed E-state index contributed by atoms with van der Waals surface area (Å²) in [5.41, 5.74) is 2.13. The van der Waals surface area contributed by atoms with E-state index in [0.717, 1.165) is 5.69 Å². The predicted molar refractivity (Wildman–Crippen MR) is 87.4 cm³/mol. The van der Waals surface area contributed by atoms with Crippen molar-refractivity contribution in [2.75, 3.05) is 7.11 Å². The minimum atomic E-state index is -1.00. The third-order valence-corrected chi connectivity index (χ3v) is 3.43. The Bertz CT molecular complexity index is 913. The Morgan fingerprint density at radius 1 is 1.22 bits per heavy atom. The maximum atomic E-state index is 11.5. The van der Waals surface area contributed by atoms with Crippen LogP contribution in [0.1, 0.15) is 21.7 Å². The van der Waals surface area contributed by atoms with Crippen molar-refractivity contribution >= 4 is 29.0 Å². The number of carbonyl (C=O) groups is 1. The summed E-state index contributed by atoms with van der Waals surface area (Å²) < 4.78 is 6.85. The minimum Gasteiger partial charge on any atom is -0.497 e. The van der Waals surface area contributed by atoms with E-state index in [2.05, 4.69) is 10.1 Å². The van der Waals surface area contributed by atoms with E-state index in [1.165, 1.54) is 0 Å². The number of carboxylic acid groups (broad SMARTS) is 1. The summed E-state index contributed by atoms with van der Waals surface area (Å²) in [6.45, 7) is 0. The second-order valence-corrected chi connectivity index (χ2v) is 5.03. The Labute approximate surface area is 132 Å². The number of hydrogen-bond acceptors (Lipinski definition) is 4. The lowest BCUT2D eigenvalue weighted by atomic mass is 10.1. The van der Waals surface area contributed by atoms with Crippen molar-refractivity contribution in [3.05, 3.63) is 53.5 Å². The molecule has 23 heavy (non-hydrogen) atoms. The number of aromatic carboxylic acids is 1. The van der Waals surface area contributed by atoms with Crippen LogP contribution in [0.15, 0.2) is 36.5 Å². The molecule has 1 aromatic carbocycles. The molecule has 0 radical (unpaired) electrons. The number of aromatic nitrogens is 3. The molecule has 6 heteroatoms. The molecule has 0 saturated carbocycles. The highest BCUT2D eigenvalue weighted by Crippen LogP contribution is 2.24. The van der Waals surface area contributed by atoms with E-state index >= 15 is 0 Å². The normalized spacial score (nSPS) is 11.2. The highest BCUT2D eigenvalue weighted by atomic mass is 16.5. The second-order valence-electron chi connectivity index (χ2n) is 5.03. The SMILES string of the molecule is COc1ccc2nc(/C=C/c3ccn(C)n3)cc(C(=O)O)c2c1. The monoisotopic (exact) mass is 309 g/mol. The fraction of sp³-hybridized carbons (Fsp3) is 0.118. The number of aryl methyl sites for hydroxylation is 1. The molecular weight excluding hydrogens is 294 g/mol. The number of carboxylic acids is 1. The number of nitrogens with zero attached hydrogens (tertiary/aromatic N) is 3. The molecule has 0 amide bonds. The zero-order chi connectivity index (χ0) is 16.4. The summed E-state index contributed by atoms with van der Waals surface area (Å²) in [4.78, 5) is 16.0. The van der Waals surface area contributed by atoms with Crippen molar-refractivity contribution in [1.29, 1.82) is 0 Å². The van der Waals surface area contributed by atoms with Crippen LogP contribution in [0.4, 0.5) is 0 Å². The van der Waals surface area contributed by atoms with Gasteiger partial charge in [-0.25, -0.2) is 9.78 Å². The van der Waals surface area contributed by atoms with E-state index in [4.69, 9.17) is 4.74 Å². The molecule has 0 unspecified atom stereocenters. The Morgan fingerprint density at radius 3 is 2.65 bits per heavy atom. The summed E-state index contributed by atoms with van der Waals surface area (Å²) in [6.07, 6.45) is 5.38. The van der Waals surface area contributed by atoms with Gasteiger partial charge in [-0.2, -0.15) is 5.10 Å². The molecule has 0 atom stereocenters. The lowest BCUT2D eigenvalue weighted by Gasteiger charge is -2.06. The molecule has 1 N–H and O–H groups in total. The van der Waals surface area contributed by atoms with Gasteiger partial charge in [-0.05, 0) is 42.5 Å². The highest BCUT2D eigenvalue weighted by molar-refractivity contribution is 6.03. The molecule has 0 bridgehead atoms. The smallest absolute Gasteiger partial charge is 0.336 e. The standard InChI is InChI=1S/C17H15N3O3/c1-20-8-7-11(19-20)3-4-12-9-15(17(21)22)14-10-13(23-2)5-6-16(14)18-12/h3-10H,1-2H3,(H,21,22)/b4-3+. The van der Waals surface area contributed by atoms with Crippen molar-refractivity contribution in [3.63, 3.8) is 0 Å². The molecule has 0 aliphatic heterocycles. The average Bonchev–Trinajstić information content (AvgIpc) is 2.97. The van der Waals surface area contributed by atoms with Gasteiger partial charge in [0.05, 0.1) is 29.6 Å². The van der Waals surface area contributed by atoms with Gasteiger partial charge in [-0.3, -0.25) is 4.68 Å². The number of benzene rings is 1. The average molecular weight is 309 g/mol. The molecule has 3 rings (SSSR count). The first-order chi connectivity index (χ1) is 11.1. The first-order valence-electron chi connectivity index (χ1n) is 6.96. The number of fused-ring (bicyclic) bond motifs is 1. The van der Waals surface area contributed by atoms with E-state index < -0.39 is 5.97 Å². The molecule has 3 aromatic rings. The van der Waals surface area contributed by atoms with Crippen molar-refractivity contribution < 1.29 is 14.6 Å². The lowest BCUT2D eigenvalue weighted by Crippen LogP contribution is -2.00. The molecule has 0 saturated heterocycles. The van der Waals surface area contributed by atoms with E-state index in [1.807, 2.05) is 19.3 Å². The largest absolute Gasteiger partial charge is 0.497 e. The Kier molecular flexibility index (Phi) is 3.80. The predicted octanol–water partition coefficient (Wildman–Crippen LogP) is 2.85. The van der Waals surface area contributed by atoms with Crippen LogP contribution < -0.4 is 4.74 Å². The Hall–Kier alpha value is -3.15. The van der Waals surface area contributed by atoms with Crippen LogP contribution in [0, 0.1) is 0 Å². The van der Waals surface area contributed by atoms with Gasteiger partial charge in [0.1, 0.15) is 5.75 Å². The molecule has 2 heterocycles. The number of hydrogen-bond donors (Lipinski definition) is 1. The Morgan fingerprint density at radius 2 is 2.00 bits per heavy atom. The zero-order valence-corrected chi connectivity index (χ0v) is 12.7. The van der Waals surface area contributed by atoms with Gasteiger partial charge in [0.2, 0.25) is 0 Å². The summed E-state index contributed by atoms with van der Waals surface area (Å²) in [6, 6.07) is 8.59. The number of ether oxygens (including phenoxy) is 1. The quantitative estimate of drug-likeness (QED) is 0.802. The van der Waals surface area contributed by atoms with Crippen LogP contribution in [0.3, 0.4) is 0 Å². The van der Waals surface area contributed by atoms with Crippen LogP contribution in [-0.4, -0.2) is 33.0 Å². The van der Waals surface area contributed by atoms with Crippen LogP contribution in [-0.2, 0) is 7.05 Å². The van der Waals surface area contributed by atoms with Crippen molar-refractivity contribution in [3.8, 4) is 5.75 Å². The van der Waals surface area contributed by atoms with Gasteiger partial charge in [-0.1, -0.05) is 0 Å². The molecule has 0 aliphatic rings. The number of rotatable bonds is 4. The fourth-order valence-corrected chi connectivity index (χ4v) is 2.31. The maximum absolute atomic E-state index is 11.5. The van der Waals surface area contributed by atoms with Crippen LogP contribution in [0.2, 0.25) is 0 Å². The Balaban J connectivity index is 2.08. The van der Waals surface area contributed by atoms with Gasteiger partial charge in [0.15, 0.2) is 0 Å². The van der Waals surface area contributed by atoms with Gasteiger partial charge in [0, 0.05) is 18.6 Å². The highest BCUT2D eigenvalue weighted by Gasteiger charge is 2.12. The minimum absolute atomic E-state index is 0.189. The molecular formula is C17H15N3O3. The zero-order valence-electron chi connectivity index (χ0n) is 12.7. The molecule has 0 spiro atoms. The summed E-state index contributed by atoms with van der Waals surface area (Å²) in [5.74, 6) is -0.406. The molecule has 0 fully saturated rings. The third kappa shape index (κ3) is 3.06. The van der Waals surface area contributed by atoms with Crippen LogP contribution >= 0.6 is 0 Å². The van der Waals surface area contributed by atoms with Crippen molar-refractivity contribution in [1.82, 2.24) is 14.8 Å². The van der Waals surface area contributed by atoms with E-state index in [1.54, 1.807) is 48.2 Å². The third-order valence-electron chi connectivity index (χ3n) is 3.43. The molecule has 116 valence electrons. The van der Waals surface area contributed by atoms with Gasteiger partial charge in [-0.15, -0.1) is 0 Å². The number of pyridine rings is 1. The fourth-order valence-electron chi connectivity index (χ4n) is 2.31. The van der Waals surface area contributed by atoms with Gasteiger partial charge < -0.3 is 9.84 Å². The topological polar surface area (TPSA) is 77.2 Å². The van der Waals surface area contributed by atoms with Gasteiger partial charge in [0.25, 0.3) is 0 Å². The van der Waals surface area contributed by atoms with Crippen molar-refractivity contribution in [2.24, 2.45) is 7.05 Å². The summed E-state index contributed by atoms with van der Waals surface area (Å²) in [7, 11) is 3.38. The first kappa shape index (κ1) is 14.8. The van der Waals surface area contributed by atoms with E-state index in [-0.39, 0.29) is 5.56 Å². The maximum Gasteiger partial charge on any atom is 0.336 e. The summed E-state index contributed by atoms with van der Waals surface area (Å²) in [5, 5.41) is 14.2. The molecule has 6 nitrogen and oxygen atoms in total. The van der Waals surface area contributed by atoms with E-state index in [0.29, 0.717) is 22.3 Å². The van der Waals surface area contributed by atoms with E-state index in [9.17, 15) is 9.90 Å². The van der Waals surface area contributed by atoms with Crippen LogP contribution in [0.5, 0.6) is 5.75 Å². The molecule has 0 aliphatic carbocycles. The van der Waals surface area contributed by atoms with Crippen LogP contribution in [0.25, 0.3) is 23.1 Å². The second kappa shape index (κ2) is 5.92. The van der Waals surface area contributed by atoms with Gasteiger partial charge >= 0.3 is 5.97 Å². The van der Waals surface area contributed by atoms with Crippen molar-refractivity contribution in [2.45, 2.75) is 0 Å². The lowest BCUT2D eigenvalue weighted by molar-refractivity contribution is 0.0699. The summed E-state index contributed by atoms with van der Waals surface area (Å²) >= 11 is 0. The molecule has 2 aromatic heterocycles. The number of methoxy groups -OCH3 is 1. The first-order valence-corrected chi connectivity index (χ1v) is 6.96.